The van der Waals surface area contributed by atoms with Crippen molar-refractivity contribution in [1.82, 2.24) is 0 Å². The number of carbonyl (C=O) groups is 6. The Bertz CT molecular complexity index is 2230. The molecule has 16 nitrogen and oxygen atoms in total. The smallest absolute Gasteiger partial charge is 0.338 e. The van der Waals surface area contributed by atoms with Gasteiger partial charge < -0.3 is 47.4 Å². The Morgan fingerprint density at radius 1 is 0.458 bits per heavy atom. The van der Waals surface area contributed by atoms with E-state index in [9.17, 15) is 28.8 Å². The molecule has 2 heterocycles. The number of aryl methyl sites for hydroxylation is 2. The van der Waals surface area contributed by atoms with Crippen LogP contribution in [0.25, 0.3) is 0 Å². The van der Waals surface area contributed by atoms with Gasteiger partial charge in [-0.15, -0.1) is 0 Å². The van der Waals surface area contributed by atoms with Crippen molar-refractivity contribution in [3.05, 3.63) is 145 Å². The van der Waals surface area contributed by atoms with E-state index in [4.69, 9.17) is 47.4 Å². The number of hydrogen-bond donors (Lipinski definition) is 0. The summed E-state index contributed by atoms with van der Waals surface area (Å²) in [5.41, 5.74) is 2.38. The summed E-state index contributed by atoms with van der Waals surface area (Å²) in [6, 6.07) is 27.2. The third-order valence-corrected chi connectivity index (χ3v) is 11.6. The fourth-order valence-electron chi connectivity index (χ4n) is 7.68. The van der Waals surface area contributed by atoms with E-state index in [0.717, 1.165) is 86.1 Å². The highest BCUT2D eigenvalue weighted by Crippen LogP contribution is 2.32. The molecule has 4 aromatic rings. The summed E-state index contributed by atoms with van der Waals surface area (Å²) in [6.07, 6.45) is 7.90. The van der Waals surface area contributed by atoms with E-state index in [1.54, 1.807) is 0 Å². The van der Waals surface area contributed by atoms with Crippen LogP contribution in [0.15, 0.2) is 122 Å². The second kappa shape index (κ2) is 29.1. The predicted molar refractivity (Wildman–Crippen MR) is 262 cm³/mol. The van der Waals surface area contributed by atoms with Gasteiger partial charge in [0.05, 0.1) is 50.8 Å². The number of rotatable bonds is 30. The SMILES string of the molecule is C=CC(=O)OCCCCCCOc1ccc(CCC(=O)Oc2ccc(C(=O)O[C@@H]3COC4C3OC[C@H]4OC(=O)c3ccc(OC(=O)CCc4ccc(OCCCCCCOC(=O)C=C)cc4)cc3)cc2)cc1. The van der Waals surface area contributed by atoms with Crippen molar-refractivity contribution in [2.75, 3.05) is 39.6 Å². The highest BCUT2D eigenvalue weighted by molar-refractivity contribution is 5.90. The van der Waals surface area contributed by atoms with Gasteiger partial charge in [0, 0.05) is 25.0 Å². The van der Waals surface area contributed by atoms with Gasteiger partial charge >= 0.3 is 35.8 Å². The summed E-state index contributed by atoms with van der Waals surface area (Å²) in [5.74, 6) is -0.849. The molecule has 2 saturated heterocycles. The fourth-order valence-corrected chi connectivity index (χ4v) is 7.68. The quantitative estimate of drug-likeness (QED) is 0.0158. The lowest BCUT2D eigenvalue weighted by Crippen LogP contribution is -2.36. The molecule has 4 atom stereocenters. The van der Waals surface area contributed by atoms with Gasteiger partial charge in [-0.1, -0.05) is 37.4 Å². The van der Waals surface area contributed by atoms with Crippen molar-refractivity contribution in [1.29, 1.82) is 0 Å². The van der Waals surface area contributed by atoms with Gasteiger partial charge in [-0.2, -0.15) is 0 Å². The molecule has 0 radical (unpaired) electrons. The van der Waals surface area contributed by atoms with Crippen molar-refractivity contribution in [2.45, 2.75) is 101 Å². The number of benzene rings is 4. The van der Waals surface area contributed by atoms with Crippen molar-refractivity contribution in [2.24, 2.45) is 0 Å². The predicted octanol–water partition coefficient (Wildman–Crippen LogP) is 8.65. The van der Waals surface area contributed by atoms with E-state index < -0.39 is 60.2 Å². The Morgan fingerprint density at radius 3 is 1.17 bits per heavy atom. The molecule has 0 saturated carbocycles. The Hall–Kier alpha value is -7.30. The van der Waals surface area contributed by atoms with Gasteiger partial charge in [-0.25, -0.2) is 19.2 Å². The zero-order chi connectivity index (χ0) is 50.9. The number of hydrogen-bond acceptors (Lipinski definition) is 16. The molecule has 382 valence electrons. The molecule has 0 aromatic heterocycles. The van der Waals surface area contributed by atoms with E-state index in [2.05, 4.69) is 13.2 Å². The molecule has 16 heteroatoms. The molecule has 0 N–H and O–H groups in total. The molecule has 0 amide bonds. The highest BCUT2D eigenvalue weighted by Gasteiger charge is 2.51. The molecular weight excluding hydrogens is 929 g/mol. The molecule has 2 fully saturated rings. The zero-order valence-electron chi connectivity index (χ0n) is 40.4. The number of esters is 6. The van der Waals surface area contributed by atoms with Gasteiger partial charge in [-0.05, 0) is 148 Å². The maximum absolute atomic E-state index is 13.1. The summed E-state index contributed by atoms with van der Waals surface area (Å²) < 4.78 is 55.7. The molecule has 0 aliphatic carbocycles. The van der Waals surface area contributed by atoms with Gasteiger partial charge in [0.15, 0.2) is 12.2 Å². The highest BCUT2D eigenvalue weighted by atomic mass is 16.7. The van der Waals surface area contributed by atoms with Crippen LogP contribution in [0.3, 0.4) is 0 Å². The van der Waals surface area contributed by atoms with Gasteiger partial charge in [0.1, 0.15) is 35.2 Å². The third-order valence-electron chi connectivity index (χ3n) is 11.6. The average molecular weight is 991 g/mol. The molecule has 2 aliphatic rings. The van der Waals surface area contributed by atoms with Crippen molar-refractivity contribution >= 4 is 35.8 Å². The van der Waals surface area contributed by atoms with Gasteiger partial charge in [0.25, 0.3) is 0 Å². The Labute approximate surface area is 419 Å². The minimum atomic E-state index is -0.744. The van der Waals surface area contributed by atoms with E-state index >= 15 is 0 Å². The Balaban J connectivity index is 0.824. The minimum absolute atomic E-state index is 0.0425. The minimum Gasteiger partial charge on any atom is -0.494 e. The van der Waals surface area contributed by atoms with Crippen LogP contribution in [0.1, 0.15) is 96.1 Å². The Kier molecular flexibility index (Phi) is 21.9. The lowest BCUT2D eigenvalue weighted by atomic mass is 10.1. The zero-order valence-corrected chi connectivity index (χ0v) is 40.4. The standard InChI is InChI=1S/C56H62O16/c1-3-49(57)65-35-11-7-5-9-33-63-43-23-13-39(14-24-43)17-31-51(59)69-45-27-19-41(20-28-45)55(61)71-47-37-67-54-48(38-68-53(47)54)72-56(62)42-21-29-46(30-22-42)70-52(60)32-18-40-15-25-44(26-16-40)64-34-10-6-8-12-36-66-50(58)4-2/h3-4,13-16,19-30,47-48,53-54H,1-2,5-12,17-18,31-38H2/t47-,48-,53?,54?/m1/s1. The van der Waals surface area contributed by atoms with Crippen molar-refractivity contribution in [3.63, 3.8) is 0 Å². The van der Waals surface area contributed by atoms with E-state index in [1.165, 1.54) is 48.5 Å². The van der Waals surface area contributed by atoms with Gasteiger partial charge in [0.2, 0.25) is 0 Å². The monoisotopic (exact) mass is 990 g/mol. The third kappa shape index (κ3) is 18.1. The van der Waals surface area contributed by atoms with Crippen LogP contribution < -0.4 is 18.9 Å². The first kappa shape index (κ1) is 54.0. The van der Waals surface area contributed by atoms with Crippen LogP contribution in [0.5, 0.6) is 23.0 Å². The second-order valence-electron chi connectivity index (χ2n) is 17.0. The number of unbranched alkanes of at least 4 members (excludes halogenated alkanes) is 6. The van der Waals surface area contributed by atoms with Crippen LogP contribution in [0.4, 0.5) is 0 Å². The lowest BCUT2D eigenvalue weighted by Gasteiger charge is -2.17. The molecule has 0 spiro atoms. The van der Waals surface area contributed by atoms with Crippen molar-refractivity contribution < 1.29 is 76.1 Å². The van der Waals surface area contributed by atoms with Crippen LogP contribution in [-0.4, -0.2) is 99.9 Å². The normalized spacial score (nSPS) is 16.6. The first-order valence-electron chi connectivity index (χ1n) is 24.4. The van der Waals surface area contributed by atoms with Crippen LogP contribution in [-0.2, 0) is 60.4 Å². The first-order chi connectivity index (χ1) is 35.1. The molecular formula is C56H62O16. The molecule has 72 heavy (non-hydrogen) atoms. The molecule has 2 unspecified atom stereocenters. The van der Waals surface area contributed by atoms with E-state index in [0.29, 0.717) is 39.3 Å². The van der Waals surface area contributed by atoms with Crippen LogP contribution >= 0.6 is 0 Å². The number of ether oxygens (including phenoxy) is 10. The summed E-state index contributed by atoms with van der Waals surface area (Å²) in [5, 5.41) is 0. The lowest BCUT2D eigenvalue weighted by molar-refractivity contribution is -0.138. The average Bonchev–Trinajstić information content (AvgIpc) is 3.99. The van der Waals surface area contributed by atoms with E-state index in [-0.39, 0.29) is 48.7 Å². The van der Waals surface area contributed by atoms with E-state index in [1.807, 2.05) is 48.5 Å². The maximum atomic E-state index is 13.1. The molecule has 4 aromatic carbocycles. The second-order valence-corrected chi connectivity index (χ2v) is 17.0. The topological polar surface area (TPSA) is 195 Å². The fraction of sp³-hybridized carbons (Fsp3) is 0.393. The van der Waals surface area contributed by atoms with Gasteiger partial charge in [-0.3, -0.25) is 9.59 Å². The summed E-state index contributed by atoms with van der Waals surface area (Å²) in [7, 11) is 0. The molecule has 2 aliphatic heterocycles. The summed E-state index contributed by atoms with van der Waals surface area (Å²) in [6.45, 7) is 8.75. The molecule has 6 rings (SSSR count). The summed E-state index contributed by atoms with van der Waals surface area (Å²) in [4.78, 5) is 73.5. The molecule has 0 bridgehead atoms. The Morgan fingerprint density at radius 2 is 0.806 bits per heavy atom. The number of carbonyl (C=O) groups excluding carboxylic acids is 6. The summed E-state index contributed by atoms with van der Waals surface area (Å²) >= 11 is 0. The largest absolute Gasteiger partial charge is 0.494 e. The van der Waals surface area contributed by atoms with Crippen molar-refractivity contribution in [3.8, 4) is 23.0 Å². The maximum Gasteiger partial charge on any atom is 0.338 e. The number of fused-ring (bicyclic) bond motifs is 1. The first-order valence-corrected chi connectivity index (χ1v) is 24.4. The van der Waals surface area contributed by atoms with Crippen LogP contribution in [0.2, 0.25) is 0 Å². The van der Waals surface area contributed by atoms with Crippen LogP contribution in [0, 0.1) is 0 Å².